The minimum absolute atomic E-state index is 0.0864. The van der Waals surface area contributed by atoms with Gasteiger partial charge >= 0.3 is 0 Å². The number of rotatable bonds is 3. The lowest BCUT2D eigenvalue weighted by Gasteiger charge is -1.97. The van der Waals surface area contributed by atoms with Crippen LogP contribution in [-0.2, 0) is 15.6 Å². The predicted octanol–water partition coefficient (Wildman–Crippen LogP) is 1.30. The van der Waals surface area contributed by atoms with Crippen molar-refractivity contribution < 1.29 is 9.00 Å². The van der Waals surface area contributed by atoms with Gasteiger partial charge in [-0.3, -0.25) is 4.21 Å². The summed E-state index contributed by atoms with van der Waals surface area (Å²) in [6, 6.07) is 7.35. The van der Waals surface area contributed by atoms with Crippen LogP contribution < -0.4 is 0 Å². The van der Waals surface area contributed by atoms with Gasteiger partial charge in [0.25, 0.3) is 0 Å². The van der Waals surface area contributed by atoms with Crippen LogP contribution in [-0.4, -0.2) is 16.2 Å². The average molecular weight is 182 g/mol. The molecule has 1 aromatic rings. The Bertz CT molecular complexity index is 290. The van der Waals surface area contributed by atoms with E-state index in [-0.39, 0.29) is 5.75 Å². The minimum atomic E-state index is -1.16. The highest BCUT2D eigenvalue weighted by Crippen LogP contribution is 2.07. The molecule has 0 bridgehead atoms. The molecule has 1 aromatic carbocycles. The zero-order valence-electron chi connectivity index (χ0n) is 6.82. The molecule has 0 saturated carbocycles. The first-order chi connectivity index (χ1) is 5.74. The summed E-state index contributed by atoms with van der Waals surface area (Å²) >= 11 is 0. The Kier molecular flexibility index (Phi) is 3.17. The SMILES string of the molecule is Cc1ccc(S(=O)CC=O)cc1. The maximum absolute atomic E-state index is 11.2. The first-order valence-electron chi connectivity index (χ1n) is 3.62. The molecule has 0 N–H and O–H groups in total. The van der Waals surface area contributed by atoms with E-state index in [2.05, 4.69) is 0 Å². The lowest BCUT2D eigenvalue weighted by Crippen LogP contribution is -1.98. The minimum Gasteiger partial charge on any atom is -0.302 e. The number of carbonyl (C=O) groups is 1. The van der Waals surface area contributed by atoms with E-state index in [1.54, 1.807) is 12.1 Å². The molecule has 2 nitrogen and oxygen atoms in total. The summed E-state index contributed by atoms with van der Waals surface area (Å²) in [4.78, 5) is 10.8. The molecule has 0 saturated heterocycles. The topological polar surface area (TPSA) is 34.1 Å². The Balaban J connectivity index is 2.82. The standard InChI is InChI=1S/C9H10O2S/c1-8-2-4-9(5-3-8)12(11)7-6-10/h2-6H,7H2,1H3. The van der Waals surface area contributed by atoms with Crippen LogP contribution in [0.1, 0.15) is 5.56 Å². The fourth-order valence-corrected chi connectivity index (χ4v) is 1.60. The summed E-state index contributed by atoms with van der Waals surface area (Å²) in [7, 11) is -1.16. The summed E-state index contributed by atoms with van der Waals surface area (Å²) in [5, 5.41) is 0. The summed E-state index contributed by atoms with van der Waals surface area (Å²) in [6.45, 7) is 1.96. The van der Waals surface area contributed by atoms with Crippen molar-refractivity contribution in [1.82, 2.24) is 0 Å². The summed E-state index contributed by atoms with van der Waals surface area (Å²) in [5.41, 5.74) is 1.13. The van der Waals surface area contributed by atoms with Gasteiger partial charge in [0.15, 0.2) is 0 Å². The molecule has 0 aromatic heterocycles. The molecule has 0 aliphatic heterocycles. The highest BCUT2D eigenvalue weighted by atomic mass is 32.2. The van der Waals surface area contributed by atoms with Crippen molar-refractivity contribution in [3.63, 3.8) is 0 Å². The predicted molar refractivity (Wildman–Crippen MR) is 48.5 cm³/mol. The molecule has 64 valence electrons. The van der Waals surface area contributed by atoms with Crippen molar-refractivity contribution in [3.05, 3.63) is 29.8 Å². The van der Waals surface area contributed by atoms with Gasteiger partial charge in [0.2, 0.25) is 0 Å². The third-order valence-electron chi connectivity index (χ3n) is 1.50. The normalized spacial score (nSPS) is 12.4. The highest BCUT2D eigenvalue weighted by Gasteiger charge is 2.00. The van der Waals surface area contributed by atoms with Crippen molar-refractivity contribution in [2.75, 3.05) is 5.75 Å². The Morgan fingerprint density at radius 3 is 2.42 bits per heavy atom. The van der Waals surface area contributed by atoms with Crippen LogP contribution >= 0.6 is 0 Å². The summed E-state index contributed by atoms with van der Waals surface area (Å²) in [6.07, 6.45) is 0.677. The van der Waals surface area contributed by atoms with E-state index in [0.29, 0.717) is 11.2 Å². The lowest BCUT2D eigenvalue weighted by atomic mass is 10.2. The lowest BCUT2D eigenvalue weighted by molar-refractivity contribution is -0.105. The van der Waals surface area contributed by atoms with Crippen LogP contribution in [0.4, 0.5) is 0 Å². The van der Waals surface area contributed by atoms with Crippen LogP contribution in [0.5, 0.6) is 0 Å². The second kappa shape index (κ2) is 4.16. The molecule has 0 heterocycles. The fourth-order valence-electron chi connectivity index (χ4n) is 0.848. The van der Waals surface area contributed by atoms with Gasteiger partial charge in [0.1, 0.15) is 6.29 Å². The van der Waals surface area contributed by atoms with Gasteiger partial charge in [-0.1, -0.05) is 17.7 Å². The maximum atomic E-state index is 11.2. The third kappa shape index (κ3) is 2.27. The van der Waals surface area contributed by atoms with Gasteiger partial charge in [-0.05, 0) is 19.1 Å². The van der Waals surface area contributed by atoms with Crippen LogP contribution in [0.25, 0.3) is 0 Å². The van der Waals surface area contributed by atoms with Crippen molar-refractivity contribution in [1.29, 1.82) is 0 Å². The molecule has 1 unspecified atom stereocenters. The van der Waals surface area contributed by atoms with Crippen LogP contribution in [0.2, 0.25) is 0 Å². The van der Waals surface area contributed by atoms with Gasteiger partial charge in [-0.2, -0.15) is 0 Å². The van der Waals surface area contributed by atoms with Gasteiger partial charge in [0, 0.05) is 4.90 Å². The van der Waals surface area contributed by atoms with E-state index < -0.39 is 10.8 Å². The highest BCUT2D eigenvalue weighted by molar-refractivity contribution is 7.85. The van der Waals surface area contributed by atoms with E-state index in [1.807, 2.05) is 19.1 Å². The van der Waals surface area contributed by atoms with Gasteiger partial charge in [0.05, 0.1) is 16.6 Å². The zero-order valence-corrected chi connectivity index (χ0v) is 7.64. The van der Waals surface area contributed by atoms with E-state index in [4.69, 9.17) is 0 Å². The quantitative estimate of drug-likeness (QED) is 0.660. The molecule has 0 amide bonds. The van der Waals surface area contributed by atoms with Gasteiger partial charge in [-0.25, -0.2) is 0 Å². The fraction of sp³-hybridized carbons (Fsp3) is 0.222. The molecule has 3 heteroatoms. The molecule has 0 radical (unpaired) electrons. The number of aryl methyl sites for hydroxylation is 1. The molecule has 0 aliphatic carbocycles. The molecule has 12 heavy (non-hydrogen) atoms. The average Bonchev–Trinajstić information content (AvgIpc) is 2.06. The van der Waals surface area contributed by atoms with E-state index in [9.17, 15) is 9.00 Å². The molecule has 1 rings (SSSR count). The first kappa shape index (κ1) is 9.13. The van der Waals surface area contributed by atoms with Crippen LogP contribution in [0.3, 0.4) is 0 Å². The number of hydrogen-bond acceptors (Lipinski definition) is 2. The van der Waals surface area contributed by atoms with Crippen molar-refractivity contribution >= 4 is 17.1 Å². The largest absolute Gasteiger partial charge is 0.302 e. The first-order valence-corrected chi connectivity index (χ1v) is 4.94. The number of hydrogen-bond donors (Lipinski definition) is 0. The Labute approximate surface area is 74.1 Å². The molecule has 0 fully saturated rings. The molecule has 0 spiro atoms. The Morgan fingerprint density at radius 1 is 1.33 bits per heavy atom. The molecular weight excluding hydrogens is 172 g/mol. The maximum Gasteiger partial charge on any atom is 0.132 e. The Morgan fingerprint density at radius 2 is 1.92 bits per heavy atom. The van der Waals surface area contributed by atoms with Crippen molar-refractivity contribution in [2.24, 2.45) is 0 Å². The van der Waals surface area contributed by atoms with Crippen molar-refractivity contribution in [2.45, 2.75) is 11.8 Å². The van der Waals surface area contributed by atoms with E-state index in [0.717, 1.165) is 5.56 Å². The van der Waals surface area contributed by atoms with Crippen LogP contribution in [0.15, 0.2) is 29.2 Å². The van der Waals surface area contributed by atoms with Crippen molar-refractivity contribution in [3.8, 4) is 0 Å². The molecular formula is C9H10O2S. The Hall–Kier alpha value is -0.960. The van der Waals surface area contributed by atoms with Gasteiger partial charge < -0.3 is 4.79 Å². The third-order valence-corrected chi connectivity index (χ3v) is 2.74. The summed E-state index contributed by atoms with van der Waals surface area (Å²) < 4.78 is 11.2. The number of benzene rings is 1. The van der Waals surface area contributed by atoms with Crippen LogP contribution in [0, 0.1) is 6.92 Å². The number of carbonyl (C=O) groups excluding carboxylic acids is 1. The van der Waals surface area contributed by atoms with E-state index >= 15 is 0 Å². The number of aldehydes is 1. The second-order valence-corrected chi connectivity index (χ2v) is 3.99. The van der Waals surface area contributed by atoms with E-state index in [1.165, 1.54) is 0 Å². The summed E-state index contributed by atoms with van der Waals surface area (Å²) in [5.74, 6) is 0.0864. The smallest absolute Gasteiger partial charge is 0.132 e. The zero-order chi connectivity index (χ0) is 8.97. The molecule has 0 aliphatic rings. The second-order valence-electron chi connectivity index (χ2n) is 2.49. The monoisotopic (exact) mass is 182 g/mol. The van der Waals surface area contributed by atoms with Gasteiger partial charge in [-0.15, -0.1) is 0 Å². The molecule has 1 atom stereocenters.